The molecular weight excluding hydrogens is 356 g/mol. The number of aromatic nitrogens is 1. The normalized spacial score (nSPS) is 12.5. The van der Waals surface area contributed by atoms with Crippen molar-refractivity contribution in [1.29, 1.82) is 0 Å². The van der Waals surface area contributed by atoms with E-state index in [-0.39, 0.29) is 11.5 Å². The second-order valence-electron chi connectivity index (χ2n) is 6.62. The summed E-state index contributed by atoms with van der Waals surface area (Å²) < 4.78 is 12.6. The summed E-state index contributed by atoms with van der Waals surface area (Å²) in [6, 6.07) is 16.1. The Morgan fingerprint density at radius 2 is 1.82 bits per heavy atom. The number of carbonyl (C=O) groups excluding carboxylic acids is 1. The number of hydrogen-bond acceptors (Lipinski definition) is 4. The van der Waals surface area contributed by atoms with Crippen LogP contribution >= 0.6 is 0 Å². The zero-order valence-electron chi connectivity index (χ0n) is 15.5. The van der Waals surface area contributed by atoms with Crippen LogP contribution in [-0.2, 0) is 6.54 Å². The van der Waals surface area contributed by atoms with E-state index in [0.717, 1.165) is 11.1 Å². The third kappa shape index (κ3) is 3.76. The van der Waals surface area contributed by atoms with Crippen molar-refractivity contribution in [3.63, 3.8) is 0 Å². The standard InChI is InChI=1S/C22H20N2O4/c1-15-4-2-3-5-16(15)13-24-14-17(6-9-21(24)25)22(26)23-18-7-8-19-20(12-18)28-11-10-27-19/h2-9,12,14H,10-11,13H2,1H3,(H,23,26). The Bertz CT molecular complexity index is 1090. The summed E-state index contributed by atoms with van der Waals surface area (Å²) in [6.07, 6.45) is 1.59. The molecule has 6 nitrogen and oxygen atoms in total. The Morgan fingerprint density at radius 1 is 1.04 bits per heavy atom. The second kappa shape index (κ2) is 7.60. The van der Waals surface area contributed by atoms with Crippen molar-refractivity contribution in [2.45, 2.75) is 13.5 Å². The molecule has 28 heavy (non-hydrogen) atoms. The molecular formula is C22H20N2O4. The molecule has 4 rings (SSSR count). The fourth-order valence-corrected chi connectivity index (χ4v) is 3.08. The van der Waals surface area contributed by atoms with Crippen molar-refractivity contribution >= 4 is 11.6 Å². The Labute approximate surface area is 162 Å². The van der Waals surface area contributed by atoms with Gasteiger partial charge >= 0.3 is 0 Å². The zero-order valence-corrected chi connectivity index (χ0v) is 15.5. The van der Waals surface area contributed by atoms with Crippen molar-refractivity contribution in [3.8, 4) is 11.5 Å². The minimum atomic E-state index is -0.296. The van der Waals surface area contributed by atoms with Gasteiger partial charge in [0.1, 0.15) is 13.2 Å². The van der Waals surface area contributed by atoms with Gasteiger partial charge in [-0.05, 0) is 36.2 Å². The number of hydrogen-bond donors (Lipinski definition) is 1. The van der Waals surface area contributed by atoms with Gasteiger partial charge in [-0.25, -0.2) is 0 Å². The highest BCUT2D eigenvalue weighted by molar-refractivity contribution is 6.04. The van der Waals surface area contributed by atoms with E-state index < -0.39 is 0 Å². The van der Waals surface area contributed by atoms with E-state index in [4.69, 9.17) is 9.47 Å². The van der Waals surface area contributed by atoms with E-state index in [1.165, 1.54) is 12.1 Å². The Morgan fingerprint density at radius 3 is 2.64 bits per heavy atom. The van der Waals surface area contributed by atoms with Crippen LogP contribution in [0, 0.1) is 6.92 Å². The fourth-order valence-electron chi connectivity index (χ4n) is 3.08. The monoisotopic (exact) mass is 376 g/mol. The molecule has 0 spiro atoms. The van der Waals surface area contributed by atoms with Gasteiger partial charge in [0, 0.05) is 24.0 Å². The van der Waals surface area contributed by atoms with Crippen molar-refractivity contribution < 1.29 is 14.3 Å². The lowest BCUT2D eigenvalue weighted by molar-refractivity contribution is 0.102. The summed E-state index contributed by atoms with van der Waals surface area (Å²) in [5.41, 5.74) is 2.99. The topological polar surface area (TPSA) is 69.6 Å². The maximum atomic E-state index is 12.7. The molecule has 1 N–H and O–H groups in total. The lowest BCUT2D eigenvalue weighted by Crippen LogP contribution is -2.23. The van der Waals surface area contributed by atoms with Gasteiger partial charge in [-0.15, -0.1) is 0 Å². The van der Waals surface area contributed by atoms with Gasteiger partial charge in [-0.1, -0.05) is 24.3 Å². The highest BCUT2D eigenvalue weighted by Crippen LogP contribution is 2.32. The van der Waals surface area contributed by atoms with Gasteiger partial charge in [0.15, 0.2) is 11.5 Å². The summed E-state index contributed by atoms with van der Waals surface area (Å²) in [6.45, 7) is 3.41. The number of nitrogens with zero attached hydrogens (tertiary/aromatic N) is 1. The average Bonchev–Trinajstić information content (AvgIpc) is 2.71. The van der Waals surface area contributed by atoms with Gasteiger partial charge < -0.3 is 19.4 Å². The van der Waals surface area contributed by atoms with Crippen LogP contribution in [0.4, 0.5) is 5.69 Å². The van der Waals surface area contributed by atoms with Crippen LogP contribution in [0.2, 0.25) is 0 Å². The maximum absolute atomic E-state index is 12.7. The van der Waals surface area contributed by atoms with Gasteiger partial charge in [0.25, 0.3) is 11.5 Å². The summed E-state index contributed by atoms with van der Waals surface area (Å²) in [7, 11) is 0. The van der Waals surface area contributed by atoms with Gasteiger partial charge in [-0.2, -0.15) is 0 Å². The molecule has 0 aliphatic carbocycles. The Balaban J connectivity index is 1.55. The number of ether oxygens (including phenoxy) is 2. The third-order valence-electron chi connectivity index (χ3n) is 4.65. The first-order valence-electron chi connectivity index (χ1n) is 9.06. The number of carbonyl (C=O) groups is 1. The molecule has 0 fully saturated rings. The van der Waals surface area contributed by atoms with Crippen LogP contribution in [0.15, 0.2) is 65.6 Å². The summed E-state index contributed by atoms with van der Waals surface area (Å²) in [4.78, 5) is 24.9. The van der Waals surface area contributed by atoms with Crippen LogP contribution in [0.25, 0.3) is 0 Å². The molecule has 0 saturated carbocycles. The predicted molar refractivity (Wildman–Crippen MR) is 106 cm³/mol. The Hall–Kier alpha value is -3.54. The van der Waals surface area contributed by atoms with E-state index in [2.05, 4.69) is 5.32 Å². The van der Waals surface area contributed by atoms with Gasteiger partial charge in [0.2, 0.25) is 0 Å². The minimum absolute atomic E-state index is 0.154. The molecule has 3 aromatic rings. The molecule has 2 aromatic carbocycles. The first kappa shape index (κ1) is 17.9. The van der Waals surface area contributed by atoms with Crippen molar-refractivity contribution in [3.05, 3.63) is 87.8 Å². The minimum Gasteiger partial charge on any atom is -0.486 e. The molecule has 1 amide bonds. The Kier molecular flexibility index (Phi) is 4.85. The maximum Gasteiger partial charge on any atom is 0.257 e. The van der Waals surface area contributed by atoms with Crippen molar-refractivity contribution in [1.82, 2.24) is 4.57 Å². The molecule has 0 unspecified atom stereocenters. The zero-order chi connectivity index (χ0) is 19.5. The molecule has 2 heterocycles. The van der Waals surface area contributed by atoms with Gasteiger partial charge in [0.05, 0.1) is 12.1 Å². The van der Waals surface area contributed by atoms with Crippen LogP contribution in [-0.4, -0.2) is 23.7 Å². The SMILES string of the molecule is Cc1ccccc1Cn1cc(C(=O)Nc2ccc3c(c2)OCCO3)ccc1=O. The quantitative estimate of drug-likeness (QED) is 0.759. The largest absolute Gasteiger partial charge is 0.486 e. The van der Waals surface area contributed by atoms with E-state index in [1.54, 1.807) is 29.0 Å². The molecule has 1 aliphatic rings. The number of fused-ring (bicyclic) bond motifs is 1. The number of pyridine rings is 1. The summed E-state index contributed by atoms with van der Waals surface area (Å²) in [5.74, 6) is 0.972. The van der Waals surface area contributed by atoms with Crippen LogP contribution in [0.3, 0.4) is 0 Å². The third-order valence-corrected chi connectivity index (χ3v) is 4.65. The summed E-state index contributed by atoms with van der Waals surface area (Å²) >= 11 is 0. The highest BCUT2D eigenvalue weighted by atomic mass is 16.6. The molecule has 0 bridgehead atoms. The number of anilines is 1. The molecule has 0 radical (unpaired) electrons. The fraction of sp³-hybridized carbons (Fsp3) is 0.182. The van der Waals surface area contributed by atoms with E-state index in [9.17, 15) is 9.59 Å². The van der Waals surface area contributed by atoms with E-state index in [1.807, 2.05) is 31.2 Å². The van der Waals surface area contributed by atoms with Crippen molar-refractivity contribution in [2.75, 3.05) is 18.5 Å². The number of amides is 1. The molecule has 1 aliphatic heterocycles. The van der Waals surface area contributed by atoms with Crippen LogP contribution in [0.1, 0.15) is 21.5 Å². The molecule has 142 valence electrons. The number of benzene rings is 2. The van der Waals surface area contributed by atoms with Crippen LogP contribution < -0.4 is 20.3 Å². The molecule has 6 heteroatoms. The number of rotatable bonds is 4. The average molecular weight is 376 g/mol. The van der Waals surface area contributed by atoms with E-state index in [0.29, 0.717) is 42.5 Å². The number of nitrogens with one attached hydrogen (secondary N) is 1. The van der Waals surface area contributed by atoms with Crippen molar-refractivity contribution in [2.24, 2.45) is 0 Å². The predicted octanol–water partition coefficient (Wildman–Crippen LogP) is 3.23. The van der Waals surface area contributed by atoms with Crippen LogP contribution in [0.5, 0.6) is 11.5 Å². The first-order chi connectivity index (χ1) is 13.6. The summed E-state index contributed by atoms with van der Waals surface area (Å²) in [5, 5.41) is 2.84. The second-order valence-corrected chi connectivity index (χ2v) is 6.62. The lowest BCUT2D eigenvalue weighted by atomic mass is 10.1. The highest BCUT2D eigenvalue weighted by Gasteiger charge is 2.14. The molecule has 0 atom stereocenters. The number of aryl methyl sites for hydroxylation is 1. The van der Waals surface area contributed by atoms with E-state index >= 15 is 0 Å². The lowest BCUT2D eigenvalue weighted by Gasteiger charge is -2.19. The molecule has 0 saturated heterocycles. The smallest absolute Gasteiger partial charge is 0.257 e. The molecule has 1 aromatic heterocycles. The first-order valence-corrected chi connectivity index (χ1v) is 9.06. The van der Waals surface area contributed by atoms with Gasteiger partial charge in [-0.3, -0.25) is 9.59 Å².